The first-order valence-corrected chi connectivity index (χ1v) is 2.65. The molecule has 0 rings (SSSR count). The third-order valence-electron chi connectivity index (χ3n) is 1.15. The predicted octanol–water partition coefficient (Wildman–Crippen LogP) is 1.36. The van der Waals surface area contributed by atoms with Gasteiger partial charge in [0.2, 0.25) is 0 Å². The summed E-state index contributed by atoms with van der Waals surface area (Å²) in [6.45, 7) is 8.84. The van der Waals surface area contributed by atoms with Gasteiger partial charge in [-0.25, -0.2) is 0 Å². The van der Waals surface area contributed by atoms with Gasteiger partial charge in [-0.3, -0.25) is 0 Å². The van der Waals surface area contributed by atoms with Crippen LogP contribution in [-0.4, -0.2) is 11.2 Å². The Labute approximate surface area is 50.3 Å². The van der Waals surface area contributed by atoms with E-state index >= 15 is 0 Å². The van der Waals surface area contributed by atoms with E-state index in [2.05, 4.69) is 13.2 Å². The molecule has 0 bridgehead atoms. The van der Waals surface area contributed by atoms with E-state index in [1.54, 1.807) is 6.08 Å². The fourth-order valence-corrected chi connectivity index (χ4v) is 0.354. The van der Waals surface area contributed by atoms with E-state index in [0.29, 0.717) is 0 Å². The van der Waals surface area contributed by atoms with E-state index in [9.17, 15) is 0 Å². The van der Waals surface area contributed by atoms with E-state index in [4.69, 9.17) is 5.11 Å². The Morgan fingerprint density at radius 1 is 1.38 bits per heavy atom. The quantitative estimate of drug-likeness (QED) is 0.546. The van der Waals surface area contributed by atoms with Gasteiger partial charge in [0, 0.05) is 5.92 Å². The molecule has 0 radical (unpaired) electrons. The van der Waals surface area contributed by atoms with Crippen molar-refractivity contribution in [1.82, 2.24) is 0 Å². The van der Waals surface area contributed by atoms with Crippen molar-refractivity contribution < 1.29 is 5.11 Å². The largest absolute Gasteiger partial charge is 0.388 e. The van der Waals surface area contributed by atoms with Crippen LogP contribution in [0.1, 0.15) is 6.92 Å². The summed E-state index contributed by atoms with van der Waals surface area (Å²) in [7, 11) is 0. The minimum Gasteiger partial charge on any atom is -0.388 e. The van der Waals surface area contributed by atoms with Crippen molar-refractivity contribution in [3.63, 3.8) is 0 Å². The van der Waals surface area contributed by atoms with Gasteiger partial charge in [-0.15, -0.1) is 13.2 Å². The highest BCUT2D eigenvalue weighted by Crippen LogP contribution is 2.02. The lowest BCUT2D eigenvalue weighted by Gasteiger charge is -2.07. The lowest BCUT2D eigenvalue weighted by molar-refractivity contribution is 0.186. The molecule has 0 aromatic rings. The maximum Gasteiger partial charge on any atom is 0.0778 e. The highest BCUT2D eigenvalue weighted by atomic mass is 16.3. The molecule has 0 aliphatic heterocycles. The SMILES string of the molecule is C=C[C@@H](C)[C@@H](O)C=C. The van der Waals surface area contributed by atoms with Crippen LogP contribution in [0.5, 0.6) is 0 Å². The van der Waals surface area contributed by atoms with E-state index in [1.807, 2.05) is 6.92 Å². The standard InChI is InChI=1S/C7H12O/c1-4-6(3)7(8)5-2/h4-8H,1-2H2,3H3/t6-,7+/m1/s1. The Balaban J connectivity index is 3.60. The zero-order valence-corrected chi connectivity index (χ0v) is 5.17. The van der Waals surface area contributed by atoms with Gasteiger partial charge in [0.1, 0.15) is 0 Å². The molecule has 1 nitrogen and oxygen atoms in total. The molecule has 0 unspecified atom stereocenters. The van der Waals surface area contributed by atoms with Gasteiger partial charge in [0.15, 0.2) is 0 Å². The number of hydrogen-bond donors (Lipinski definition) is 1. The predicted molar refractivity (Wildman–Crippen MR) is 35.6 cm³/mol. The second-order valence-electron chi connectivity index (χ2n) is 1.82. The first kappa shape index (κ1) is 7.44. The minimum atomic E-state index is -0.438. The Kier molecular flexibility index (Phi) is 3.20. The minimum absolute atomic E-state index is 0.118. The maximum atomic E-state index is 8.94. The van der Waals surface area contributed by atoms with Crippen molar-refractivity contribution >= 4 is 0 Å². The van der Waals surface area contributed by atoms with Gasteiger partial charge < -0.3 is 5.11 Å². The molecule has 1 heteroatoms. The van der Waals surface area contributed by atoms with Gasteiger partial charge in [-0.1, -0.05) is 19.1 Å². The molecule has 0 spiro atoms. The van der Waals surface area contributed by atoms with Gasteiger partial charge in [0.25, 0.3) is 0 Å². The Morgan fingerprint density at radius 3 is 2.00 bits per heavy atom. The molecule has 0 aromatic carbocycles. The molecule has 0 saturated carbocycles. The molecule has 8 heavy (non-hydrogen) atoms. The summed E-state index contributed by atoms with van der Waals surface area (Å²) in [6, 6.07) is 0. The first-order valence-electron chi connectivity index (χ1n) is 2.65. The summed E-state index contributed by atoms with van der Waals surface area (Å²) in [5, 5.41) is 8.94. The van der Waals surface area contributed by atoms with Crippen LogP contribution in [0.15, 0.2) is 25.3 Å². The normalized spacial score (nSPS) is 16.8. The summed E-state index contributed by atoms with van der Waals surface area (Å²) >= 11 is 0. The highest BCUT2D eigenvalue weighted by molar-refractivity contribution is 4.90. The van der Waals surface area contributed by atoms with Crippen molar-refractivity contribution in [2.75, 3.05) is 0 Å². The summed E-state index contributed by atoms with van der Waals surface area (Å²) in [6.07, 6.45) is 2.77. The van der Waals surface area contributed by atoms with Crippen molar-refractivity contribution in [2.45, 2.75) is 13.0 Å². The molecule has 46 valence electrons. The number of rotatable bonds is 3. The smallest absolute Gasteiger partial charge is 0.0778 e. The van der Waals surface area contributed by atoms with Crippen LogP contribution in [0.2, 0.25) is 0 Å². The molecule has 0 amide bonds. The fraction of sp³-hybridized carbons (Fsp3) is 0.429. The Hall–Kier alpha value is -0.560. The average Bonchev–Trinajstić information content (AvgIpc) is 1.84. The third-order valence-corrected chi connectivity index (χ3v) is 1.15. The van der Waals surface area contributed by atoms with Crippen LogP contribution in [-0.2, 0) is 0 Å². The van der Waals surface area contributed by atoms with E-state index in [-0.39, 0.29) is 5.92 Å². The molecule has 2 atom stereocenters. The molecular formula is C7H12O. The van der Waals surface area contributed by atoms with Crippen molar-refractivity contribution in [3.8, 4) is 0 Å². The molecule has 1 N–H and O–H groups in total. The van der Waals surface area contributed by atoms with Crippen LogP contribution >= 0.6 is 0 Å². The van der Waals surface area contributed by atoms with Crippen LogP contribution in [0.25, 0.3) is 0 Å². The number of aliphatic hydroxyl groups is 1. The summed E-state index contributed by atoms with van der Waals surface area (Å²) in [4.78, 5) is 0. The third kappa shape index (κ3) is 1.94. The Bertz CT molecular complexity index is 74.4. The zero-order valence-electron chi connectivity index (χ0n) is 5.17. The molecule has 0 fully saturated rings. The lowest BCUT2D eigenvalue weighted by Crippen LogP contribution is -2.10. The van der Waals surface area contributed by atoms with Crippen LogP contribution in [0, 0.1) is 5.92 Å². The monoisotopic (exact) mass is 112 g/mol. The molecule has 0 saturated heterocycles. The van der Waals surface area contributed by atoms with E-state index in [1.165, 1.54) is 6.08 Å². The molecule has 0 aliphatic carbocycles. The van der Waals surface area contributed by atoms with Gasteiger partial charge >= 0.3 is 0 Å². The fourth-order valence-electron chi connectivity index (χ4n) is 0.354. The van der Waals surface area contributed by atoms with Gasteiger partial charge in [-0.05, 0) is 0 Å². The summed E-state index contributed by atoms with van der Waals surface area (Å²) in [5.74, 6) is 0.118. The second kappa shape index (κ2) is 3.44. The number of aliphatic hydroxyl groups excluding tert-OH is 1. The average molecular weight is 112 g/mol. The van der Waals surface area contributed by atoms with Gasteiger partial charge in [0.05, 0.1) is 6.10 Å². The first-order chi connectivity index (χ1) is 3.72. The maximum absolute atomic E-state index is 8.94. The second-order valence-corrected chi connectivity index (χ2v) is 1.82. The Morgan fingerprint density at radius 2 is 1.88 bits per heavy atom. The highest BCUT2D eigenvalue weighted by Gasteiger charge is 2.03. The van der Waals surface area contributed by atoms with Crippen molar-refractivity contribution in [2.24, 2.45) is 5.92 Å². The van der Waals surface area contributed by atoms with Crippen LogP contribution < -0.4 is 0 Å². The van der Waals surface area contributed by atoms with Gasteiger partial charge in [-0.2, -0.15) is 0 Å². The number of hydrogen-bond acceptors (Lipinski definition) is 1. The zero-order chi connectivity index (χ0) is 6.57. The molecular weight excluding hydrogens is 100 g/mol. The summed E-state index contributed by atoms with van der Waals surface area (Å²) < 4.78 is 0. The van der Waals surface area contributed by atoms with Crippen molar-refractivity contribution in [3.05, 3.63) is 25.3 Å². The topological polar surface area (TPSA) is 20.2 Å². The van der Waals surface area contributed by atoms with Crippen LogP contribution in [0.3, 0.4) is 0 Å². The molecule has 0 heterocycles. The van der Waals surface area contributed by atoms with Crippen LogP contribution in [0.4, 0.5) is 0 Å². The summed E-state index contributed by atoms with van der Waals surface area (Å²) in [5.41, 5.74) is 0. The molecule has 0 aliphatic rings. The van der Waals surface area contributed by atoms with E-state index < -0.39 is 6.10 Å². The van der Waals surface area contributed by atoms with E-state index in [0.717, 1.165) is 0 Å². The molecule has 0 aromatic heterocycles. The lowest BCUT2D eigenvalue weighted by atomic mass is 10.1. The van der Waals surface area contributed by atoms with Crippen molar-refractivity contribution in [1.29, 1.82) is 0 Å².